The summed E-state index contributed by atoms with van der Waals surface area (Å²) < 4.78 is 2.47. The fourth-order valence-electron chi connectivity index (χ4n) is 10.1. The van der Waals surface area contributed by atoms with Gasteiger partial charge in [0.2, 0.25) is 0 Å². The van der Waals surface area contributed by atoms with Crippen molar-refractivity contribution in [3.05, 3.63) is 198 Å². The van der Waals surface area contributed by atoms with Gasteiger partial charge in [-0.25, -0.2) is 15.0 Å². The van der Waals surface area contributed by atoms with E-state index in [1.807, 2.05) is 11.3 Å². The van der Waals surface area contributed by atoms with Gasteiger partial charge in [0.25, 0.3) is 0 Å². The summed E-state index contributed by atoms with van der Waals surface area (Å²) >= 11 is 1.82. The summed E-state index contributed by atoms with van der Waals surface area (Å²) in [5.74, 6) is 0.672. The summed E-state index contributed by atoms with van der Waals surface area (Å²) in [6.07, 6.45) is 0. The van der Waals surface area contributed by atoms with Gasteiger partial charge in [0.05, 0.1) is 5.41 Å². The van der Waals surface area contributed by atoms with Crippen LogP contribution in [0, 0.1) is 0 Å². The van der Waals surface area contributed by atoms with E-state index in [0.29, 0.717) is 17.1 Å². The first kappa shape index (κ1) is 30.3. The Hall–Kier alpha value is -7.01. The van der Waals surface area contributed by atoms with E-state index in [4.69, 9.17) is 15.0 Å². The van der Waals surface area contributed by atoms with E-state index in [-0.39, 0.29) is 0 Å². The third-order valence-corrected chi connectivity index (χ3v) is 13.4. The molecule has 0 aliphatic heterocycles. The number of benzene rings is 8. The van der Waals surface area contributed by atoms with Crippen molar-refractivity contribution in [1.29, 1.82) is 0 Å². The van der Waals surface area contributed by atoms with Crippen molar-refractivity contribution in [2.75, 3.05) is 0 Å². The van der Waals surface area contributed by atoms with Crippen LogP contribution in [0.4, 0.5) is 0 Å². The fraction of sp³-hybridized carbons (Fsp3) is 0.0192. The monoisotopic (exact) mass is 727 g/mol. The van der Waals surface area contributed by atoms with E-state index in [1.54, 1.807) is 0 Å². The average Bonchev–Trinajstić information content (AvgIpc) is 3.90. The molecular weight excluding hydrogens is 699 g/mol. The quantitative estimate of drug-likeness (QED) is 0.169. The Morgan fingerprint density at radius 2 is 0.929 bits per heavy atom. The molecule has 0 unspecified atom stereocenters. The molecular formula is C52H29N3S. The van der Waals surface area contributed by atoms with E-state index in [2.05, 4.69) is 176 Å². The number of fused-ring (bicyclic) bond motifs is 20. The van der Waals surface area contributed by atoms with Gasteiger partial charge in [-0.2, -0.15) is 0 Å². The van der Waals surface area contributed by atoms with Gasteiger partial charge in [-0.15, -0.1) is 11.3 Å². The minimum Gasteiger partial charge on any atom is -0.208 e. The van der Waals surface area contributed by atoms with Gasteiger partial charge in [0.15, 0.2) is 17.1 Å². The zero-order chi connectivity index (χ0) is 36.5. The number of nitrogens with zero attached hydrogens (tertiary/aromatic N) is 3. The lowest BCUT2D eigenvalue weighted by Crippen LogP contribution is -2.25. The highest BCUT2D eigenvalue weighted by Crippen LogP contribution is 2.63. The maximum atomic E-state index is 5.47. The highest BCUT2D eigenvalue weighted by molar-refractivity contribution is 7.26. The second kappa shape index (κ2) is 11.0. The summed E-state index contributed by atoms with van der Waals surface area (Å²) in [6, 6.07) is 64.4. The molecule has 0 N–H and O–H groups in total. The summed E-state index contributed by atoms with van der Waals surface area (Å²) in [4.78, 5) is 16.2. The molecule has 0 radical (unpaired) electrons. The molecule has 3 nitrogen and oxygen atoms in total. The second-order valence-electron chi connectivity index (χ2n) is 15.0. The summed E-state index contributed by atoms with van der Waals surface area (Å²) in [5, 5.41) is 9.09. The first-order chi connectivity index (χ1) is 27.8. The first-order valence-electron chi connectivity index (χ1n) is 19.1. The van der Waals surface area contributed by atoms with E-state index in [0.717, 1.165) is 21.7 Å². The number of hydrogen-bond donors (Lipinski definition) is 0. The van der Waals surface area contributed by atoms with Crippen LogP contribution in [-0.4, -0.2) is 15.0 Å². The maximum Gasteiger partial charge on any atom is 0.164 e. The van der Waals surface area contributed by atoms with Gasteiger partial charge in [-0.1, -0.05) is 152 Å². The Balaban J connectivity index is 1.20. The van der Waals surface area contributed by atoms with E-state index >= 15 is 0 Å². The van der Waals surface area contributed by atoms with Gasteiger partial charge < -0.3 is 0 Å². The largest absolute Gasteiger partial charge is 0.208 e. The van der Waals surface area contributed by atoms with Crippen LogP contribution in [-0.2, 0) is 5.41 Å². The molecule has 56 heavy (non-hydrogen) atoms. The lowest BCUT2D eigenvalue weighted by Gasteiger charge is -2.30. The van der Waals surface area contributed by atoms with E-state index in [1.165, 1.54) is 80.8 Å². The van der Waals surface area contributed by atoms with Crippen molar-refractivity contribution < 1.29 is 0 Å². The van der Waals surface area contributed by atoms with E-state index < -0.39 is 5.41 Å². The Bertz CT molecular complexity index is 3520. The molecule has 0 saturated carbocycles. The van der Waals surface area contributed by atoms with Crippen LogP contribution in [0.25, 0.3) is 97.4 Å². The first-order valence-corrected chi connectivity index (χ1v) is 19.9. The van der Waals surface area contributed by atoms with Crippen LogP contribution in [0.15, 0.2) is 176 Å². The van der Waals surface area contributed by atoms with E-state index in [9.17, 15) is 0 Å². The lowest BCUT2D eigenvalue weighted by atomic mass is 9.70. The summed E-state index contributed by atoms with van der Waals surface area (Å²) in [6.45, 7) is 0. The molecule has 11 aromatic rings. The maximum absolute atomic E-state index is 5.47. The zero-order valence-electron chi connectivity index (χ0n) is 30.0. The van der Waals surface area contributed by atoms with Crippen LogP contribution >= 0.6 is 11.3 Å². The van der Waals surface area contributed by atoms with Gasteiger partial charge in [-0.3, -0.25) is 0 Å². The van der Waals surface area contributed by atoms with Gasteiger partial charge in [-0.05, 0) is 90.3 Å². The Kier molecular flexibility index (Phi) is 5.98. The standard InChI is InChI=1S/C52H29N3S/c1-2-15-34-31-26-27-45-40(29-31)48-39(20-11-25-46(48)56-45)51-54-49(32-13-9-12-30(28-32)33(34)14-1)53-50(55-51)38-19-10-24-44-47(38)37-18-5-8-23-43(37)52(44)41-21-6-3-16-35(41)36-17-4-7-22-42(36)52/h1-29H. The molecule has 2 aliphatic carbocycles. The zero-order valence-corrected chi connectivity index (χ0v) is 30.8. The molecule has 0 fully saturated rings. The highest BCUT2D eigenvalue weighted by atomic mass is 32.1. The molecule has 2 aliphatic rings. The Morgan fingerprint density at radius 3 is 1.71 bits per heavy atom. The molecule has 4 heteroatoms. The van der Waals surface area contributed by atoms with Crippen LogP contribution in [0.5, 0.6) is 0 Å². The third-order valence-electron chi connectivity index (χ3n) is 12.3. The van der Waals surface area contributed by atoms with Gasteiger partial charge in [0.1, 0.15) is 0 Å². The molecule has 0 amide bonds. The van der Waals surface area contributed by atoms with Crippen LogP contribution in [0.1, 0.15) is 22.3 Å². The van der Waals surface area contributed by atoms with Crippen molar-refractivity contribution >= 4 is 75.1 Å². The molecule has 0 atom stereocenters. The Morgan fingerprint density at radius 1 is 0.357 bits per heavy atom. The van der Waals surface area contributed by atoms with Crippen molar-refractivity contribution in [3.63, 3.8) is 0 Å². The molecule has 1 spiro atoms. The van der Waals surface area contributed by atoms with Crippen LogP contribution < -0.4 is 0 Å². The van der Waals surface area contributed by atoms with Gasteiger partial charge >= 0.3 is 0 Å². The second-order valence-corrected chi connectivity index (χ2v) is 16.1. The van der Waals surface area contributed by atoms with Crippen molar-refractivity contribution in [2.24, 2.45) is 0 Å². The topological polar surface area (TPSA) is 38.7 Å². The average molecular weight is 728 g/mol. The van der Waals surface area contributed by atoms with Crippen LogP contribution in [0.2, 0.25) is 0 Å². The number of thiophene rings is 1. The van der Waals surface area contributed by atoms with Gasteiger partial charge in [0, 0.05) is 36.5 Å². The van der Waals surface area contributed by atoms with Crippen molar-refractivity contribution in [3.8, 4) is 33.6 Å². The molecule has 13 rings (SSSR count). The van der Waals surface area contributed by atoms with Crippen molar-refractivity contribution in [2.45, 2.75) is 5.41 Å². The van der Waals surface area contributed by atoms with Crippen molar-refractivity contribution in [1.82, 2.24) is 15.0 Å². The SMILES string of the molecule is c1ccc2c(c1)-c1ccccc1C21c2ccccc2-c2c(-c3nc4nc(n3)c3cccc5sc6ccc(cc6c53)c3ccccc3c3cccc4c3)cccc21. The minimum absolute atomic E-state index is 0.455. The lowest BCUT2D eigenvalue weighted by molar-refractivity contribution is 0.794. The molecule has 6 bridgehead atoms. The molecule has 8 aromatic carbocycles. The predicted molar refractivity (Wildman–Crippen MR) is 233 cm³/mol. The van der Waals surface area contributed by atoms with Crippen LogP contribution in [0.3, 0.4) is 0 Å². The molecule has 0 saturated heterocycles. The third kappa shape index (κ3) is 3.88. The smallest absolute Gasteiger partial charge is 0.164 e. The predicted octanol–water partition coefficient (Wildman–Crippen LogP) is 13.4. The minimum atomic E-state index is -0.455. The molecule has 3 aromatic heterocycles. The number of hydrogen-bond acceptors (Lipinski definition) is 4. The number of aromatic nitrogens is 3. The molecule has 3 heterocycles. The summed E-state index contributed by atoms with van der Waals surface area (Å²) in [5.41, 5.74) is 12.1. The Labute approximate surface area is 325 Å². The number of rotatable bonds is 1. The fourth-order valence-corrected chi connectivity index (χ4v) is 11.2. The molecule has 258 valence electrons. The normalized spacial score (nSPS) is 13.5. The summed E-state index contributed by atoms with van der Waals surface area (Å²) in [7, 11) is 0. The highest BCUT2D eigenvalue weighted by Gasteiger charge is 2.52.